The highest BCUT2D eigenvalue weighted by Crippen LogP contribution is 2.38. The molecule has 1 aliphatic heterocycles. The molecule has 0 saturated carbocycles. The van der Waals surface area contributed by atoms with Crippen LogP contribution in [0.2, 0.25) is 0 Å². The standard InChI is InChI=1S/C27H25N3O4S/c1-19(31)34-24-13-7-21(8-14-24)17-28-29-26(33)22-9-11-23(12-10-22)27-30(25(32)18-35-27)16-15-20-5-3-2-4-6-20/h2-14,17,27H,15-16,18H2,1H3,(H,29,33)/b28-17-/t27-/m1/s1. The molecule has 8 heteroatoms. The fourth-order valence-corrected chi connectivity index (χ4v) is 4.90. The van der Waals surface area contributed by atoms with E-state index in [4.69, 9.17) is 4.74 Å². The van der Waals surface area contributed by atoms with Gasteiger partial charge in [0.1, 0.15) is 11.1 Å². The van der Waals surface area contributed by atoms with E-state index in [0.717, 1.165) is 17.5 Å². The average Bonchev–Trinajstić information content (AvgIpc) is 3.24. The van der Waals surface area contributed by atoms with Crippen molar-refractivity contribution in [1.82, 2.24) is 10.3 Å². The van der Waals surface area contributed by atoms with Crippen molar-refractivity contribution in [3.63, 3.8) is 0 Å². The Morgan fingerprint density at radius 1 is 1.06 bits per heavy atom. The molecule has 0 aromatic heterocycles. The molecule has 1 heterocycles. The summed E-state index contributed by atoms with van der Waals surface area (Å²) in [6, 6.07) is 24.1. The number of hydrazone groups is 1. The minimum atomic E-state index is -0.386. The molecule has 1 N–H and O–H groups in total. The highest BCUT2D eigenvalue weighted by atomic mass is 32.2. The topological polar surface area (TPSA) is 88.1 Å². The summed E-state index contributed by atoms with van der Waals surface area (Å²) in [5, 5.41) is 3.94. The van der Waals surface area contributed by atoms with E-state index in [9.17, 15) is 14.4 Å². The normalized spacial score (nSPS) is 15.4. The van der Waals surface area contributed by atoms with Crippen molar-refractivity contribution < 1.29 is 19.1 Å². The number of ether oxygens (including phenoxy) is 1. The third kappa shape index (κ3) is 6.58. The molecule has 2 amide bonds. The molecule has 4 rings (SSSR count). The van der Waals surface area contributed by atoms with E-state index in [1.807, 2.05) is 35.2 Å². The Kier molecular flexibility index (Phi) is 7.95. The zero-order valence-corrected chi connectivity index (χ0v) is 20.0. The zero-order chi connectivity index (χ0) is 24.6. The molecule has 0 unspecified atom stereocenters. The summed E-state index contributed by atoms with van der Waals surface area (Å²) in [7, 11) is 0. The van der Waals surface area contributed by atoms with E-state index in [2.05, 4.69) is 22.7 Å². The molecule has 1 fully saturated rings. The Morgan fingerprint density at radius 2 is 1.77 bits per heavy atom. The Balaban J connectivity index is 1.33. The fourth-order valence-electron chi connectivity index (χ4n) is 3.68. The SMILES string of the molecule is CC(=O)Oc1ccc(/C=N\NC(=O)c2ccc([C@H]3SCC(=O)N3CCc3ccccc3)cc2)cc1. The van der Waals surface area contributed by atoms with Crippen molar-refractivity contribution in [1.29, 1.82) is 0 Å². The molecule has 0 radical (unpaired) electrons. The summed E-state index contributed by atoms with van der Waals surface area (Å²) in [6.45, 7) is 1.99. The number of amides is 2. The lowest BCUT2D eigenvalue weighted by Crippen LogP contribution is -2.30. The van der Waals surface area contributed by atoms with Gasteiger partial charge in [0.05, 0.1) is 12.0 Å². The second-order valence-electron chi connectivity index (χ2n) is 7.97. The molecule has 3 aromatic rings. The van der Waals surface area contributed by atoms with Crippen LogP contribution in [0.1, 0.15) is 39.3 Å². The van der Waals surface area contributed by atoms with Crippen LogP contribution in [0.3, 0.4) is 0 Å². The van der Waals surface area contributed by atoms with Crippen LogP contribution in [0.25, 0.3) is 0 Å². The maximum absolute atomic E-state index is 12.5. The van der Waals surface area contributed by atoms with Crippen molar-refractivity contribution in [2.45, 2.75) is 18.7 Å². The Morgan fingerprint density at radius 3 is 2.46 bits per heavy atom. The second kappa shape index (κ2) is 11.5. The zero-order valence-electron chi connectivity index (χ0n) is 19.2. The van der Waals surface area contributed by atoms with E-state index < -0.39 is 0 Å². The predicted molar refractivity (Wildman–Crippen MR) is 136 cm³/mol. The number of nitrogens with zero attached hydrogens (tertiary/aromatic N) is 2. The van der Waals surface area contributed by atoms with Crippen LogP contribution < -0.4 is 10.2 Å². The molecule has 35 heavy (non-hydrogen) atoms. The summed E-state index contributed by atoms with van der Waals surface area (Å²) >= 11 is 1.60. The molecule has 0 bridgehead atoms. The lowest BCUT2D eigenvalue weighted by Gasteiger charge is -2.24. The summed E-state index contributed by atoms with van der Waals surface area (Å²) in [5.74, 6) is 0.314. The molecule has 3 aromatic carbocycles. The monoisotopic (exact) mass is 487 g/mol. The number of hydrogen-bond acceptors (Lipinski definition) is 6. The van der Waals surface area contributed by atoms with Gasteiger partial charge < -0.3 is 9.64 Å². The van der Waals surface area contributed by atoms with Crippen molar-refractivity contribution in [3.05, 3.63) is 101 Å². The molecule has 7 nitrogen and oxygen atoms in total. The largest absolute Gasteiger partial charge is 0.427 e. The first kappa shape index (κ1) is 24.2. The summed E-state index contributed by atoms with van der Waals surface area (Å²) in [5.41, 5.74) is 5.92. The van der Waals surface area contributed by atoms with Gasteiger partial charge in [0.15, 0.2) is 0 Å². The second-order valence-corrected chi connectivity index (χ2v) is 9.04. The Bertz CT molecular complexity index is 1210. The van der Waals surface area contributed by atoms with E-state index in [1.165, 1.54) is 18.7 Å². The smallest absolute Gasteiger partial charge is 0.308 e. The van der Waals surface area contributed by atoms with E-state index in [-0.39, 0.29) is 23.2 Å². The van der Waals surface area contributed by atoms with Crippen LogP contribution in [0.15, 0.2) is 84.0 Å². The molecule has 0 aliphatic carbocycles. The van der Waals surface area contributed by atoms with Crippen LogP contribution in [0.4, 0.5) is 0 Å². The van der Waals surface area contributed by atoms with Gasteiger partial charge in [-0.1, -0.05) is 42.5 Å². The van der Waals surface area contributed by atoms with Gasteiger partial charge in [0, 0.05) is 19.0 Å². The number of thioether (sulfide) groups is 1. The Hall–Kier alpha value is -3.91. The van der Waals surface area contributed by atoms with E-state index >= 15 is 0 Å². The van der Waals surface area contributed by atoms with Crippen molar-refractivity contribution >= 4 is 35.8 Å². The van der Waals surface area contributed by atoms with Crippen LogP contribution in [0.5, 0.6) is 5.75 Å². The quantitative estimate of drug-likeness (QED) is 0.223. The van der Waals surface area contributed by atoms with Gasteiger partial charge in [-0.15, -0.1) is 11.8 Å². The summed E-state index contributed by atoms with van der Waals surface area (Å²) < 4.78 is 4.99. The van der Waals surface area contributed by atoms with Gasteiger partial charge in [-0.3, -0.25) is 14.4 Å². The highest BCUT2D eigenvalue weighted by molar-refractivity contribution is 8.00. The van der Waals surface area contributed by atoms with Gasteiger partial charge in [-0.2, -0.15) is 5.10 Å². The molecular weight excluding hydrogens is 462 g/mol. The lowest BCUT2D eigenvalue weighted by atomic mass is 10.1. The van der Waals surface area contributed by atoms with Crippen LogP contribution in [-0.4, -0.2) is 41.2 Å². The first-order chi connectivity index (χ1) is 17.0. The van der Waals surface area contributed by atoms with Gasteiger partial charge in [-0.25, -0.2) is 5.43 Å². The molecule has 1 aliphatic rings. The summed E-state index contributed by atoms with van der Waals surface area (Å²) in [4.78, 5) is 37.8. The van der Waals surface area contributed by atoms with Crippen molar-refractivity contribution in [2.75, 3.05) is 12.3 Å². The minimum absolute atomic E-state index is 0.0590. The molecule has 178 valence electrons. The van der Waals surface area contributed by atoms with Gasteiger partial charge in [0.2, 0.25) is 5.91 Å². The van der Waals surface area contributed by atoms with Crippen LogP contribution >= 0.6 is 11.8 Å². The first-order valence-corrected chi connectivity index (χ1v) is 12.2. The number of carbonyl (C=O) groups excluding carboxylic acids is 3. The number of rotatable bonds is 8. The van der Waals surface area contributed by atoms with Gasteiger partial charge in [-0.05, 0) is 59.5 Å². The van der Waals surface area contributed by atoms with Gasteiger partial charge in [0.25, 0.3) is 5.91 Å². The van der Waals surface area contributed by atoms with Gasteiger partial charge >= 0.3 is 5.97 Å². The first-order valence-electron chi connectivity index (χ1n) is 11.2. The van der Waals surface area contributed by atoms with Crippen LogP contribution in [0, 0.1) is 0 Å². The maximum atomic E-state index is 12.5. The number of esters is 1. The Labute approximate surface area is 208 Å². The third-order valence-electron chi connectivity index (χ3n) is 5.43. The van der Waals surface area contributed by atoms with E-state index in [1.54, 1.807) is 48.2 Å². The third-order valence-corrected chi connectivity index (χ3v) is 6.69. The predicted octanol–water partition coefficient (Wildman–Crippen LogP) is 4.19. The fraction of sp³-hybridized carbons (Fsp3) is 0.185. The highest BCUT2D eigenvalue weighted by Gasteiger charge is 2.32. The van der Waals surface area contributed by atoms with Crippen molar-refractivity contribution in [3.8, 4) is 5.75 Å². The molecule has 1 atom stereocenters. The lowest BCUT2D eigenvalue weighted by molar-refractivity contribution is -0.132. The average molecular weight is 488 g/mol. The minimum Gasteiger partial charge on any atom is -0.427 e. The van der Waals surface area contributed by atoms with E-state index in [0.29, 0.717) is 23.6 Å². The summed E-state index contributed by atoms with van der Waals surface area (Å²) in [6.07, 6.45) is 2.31. The molecular formula is C27H25N3O4S. The maximum Gasteiger partial charge on any atom is 0.308 e. The molecule has 1 saturated heterocycles. The number of benzene rings is 3. The van der Waals surface area contributed by atoms with Crippen molar-refractivity contribution in [2.24, 2.45) is 5.10 Å². The van der Waals surface area contributed by atoms with Crippen LogP contribution in [-0.2, 0) is 16.0 Å². The molecule has 0 spiro atoms. The number of carbonyl (C=O) groups is 3. The number of hydrogen-bond donors (Lipinski definition) is 1. The number of nitrogens with one attached hydrogen (secondary N) is 1.